The second kappa shape index (κ2) is 6.72. The monoisotopic (exact) mass is 273 g/mol. The lowest BCUT2D eigenvalue weighted by Crippen LogP contribution is -2.60. The summed E-state index contributed by atoms with van der Waals surface area (Å²) in [6.45, 7) is 6.84. The lowest BCUT2D eigenvalue weighted by molar-refractivity contribution is -0.127. The van der Waals surface area contributed by atoms with Crippen molar-refractivity contribution in [3.63, 3.8) is 0 Å². The topological polar surface area (TPSA) is 90.9 Å². The number of nitrogens with one attached hydrogen (secondary N) is 2. The van der Waals surface area contributed by atoms with Gasteiger partial charge in [-0.3, -0.25) is 9.69 Å². The fourth-order valence-electron chi connectivity index (χ4n) is 1.77. The number of amides is 2. The Bertz CT molecular complexity index is 327. The number of carbonyl (C=O) groups is 2. The van der Waals surface area contributed by atoms with Crippen molar-refractivity contribution in [2.75, 3.05) is 32.8 Å². The van der Waals surface area contributed by atoms with Gasteiger partial charge in [-0.05, 0) is 20.8 Å². The highest BCUT2D eigenvalue weighted by Crippen LogP contribution is 2.13. The van der Waals surface area contributed by atoms with Crippen molar-refractivity contribution < 1.29 is 19.4 Å². The minimum atomic E-state index is -0.602. The maximum Gasteiger partial charge on any atom is 0.411 e. The maximum atomic E-state index is 12.0. The highest BCUT2D eigenvalue weighted by molar-refractivity contribution is 5.86. The third-order valence-corrected chi connectivity index (χ3v) is 2.59. The van der Waals surface area contributed by atoms with E-state index in [4.69, 9.17) is 9.84 Å². The van der Waals surface area contributed by atoms with Gasteiger partial charge in [0.25, 0.3) is 0 Å². The van der Waals surface area contributed by atoms with Gasteiger partial charge in [-0.2, -0.15) is 0 Å². The first-order chi connectivity index (χ1) is 8.85. The number of carbonyl (C=O) groups excluding carboxylic acids is 2. The predicted molar refractivity (Wildman–Crippen MR) is 69.7 cm³/mol. The number of aliphatic hydroxyl groups excluding tert-OH is 1. The third-order valence-electron chi connectivity index (χ3n) is 2.59. The van der Waals surface area contributed by atoms with Gasteiger partial charge < -0.3 is 20.5 Å². The quantitative estimate of drug-likeness (QED) is 0.633. The Kier molecular flexibility index (Phi) is 5.56. The van der Waals surface area contributed by atoms with Crippen LogP contribution in [-0.2, 0) is 9.53 Å². The van der Waals surface area contributed by atoms with E-state index in [0.717, 1.165) is 0 Å². The second-order valence-corrected chi connectivity index (χ2v) is 5.41. The van der Waals surface area contributed by atoms with Crippen molar-refractivity contribution in [3.05, 3.63) is 0 Å². The molecule has 1 fully saturated rings. The normalized spacial score (nSPS) is 20.0. The van der Waals surface area contributed by atoms with E-state index in [2.05, 4.69) is 10.6 Å². The zero-order chi connectivity index (χ0) is 14.5. The van der Waals surface area contributed by atoms with Crippen LogP contribution >= 0.6 is 0 Å². The molecule has 0 aliphatic carbocycles. The SMILES string of the molecule is CC(C)(C)OC(=O)N1CCNCC1C(=O)NCCO. The molecule has 110 valence electrons. The van der Waals surface area contributed by atoms with Crippen LogP contribution in [0.4, 0.5) is 4.79 Å². The van der Waals surface area contributed by atoms with Gasteiger partial charge in [0.2, 0.25) is 5.91 Å². The molecular weight excluding hydrogens is 250 g/mol. The summed E-state index contributed by atoms with van der Waals surface area (Å²) in [6.07, 6.45) is -0.488. The molecule has 0 radical (unpaired) electrons. The van der Waals surface area contributed by atoms with E-state index in [1.165, 1.54) is 4.90 Å². The zero-order valence-electron chi connectivity index (χ0n) is 11.7. The van der Waals surface area contributed by atoms with E-state index < -0.39 is 17.7 Å². The van der Waals surface area contributed by atoms with Crippen LogP contribution in [0.3, 0.4) is 0 Å². The van der Waals surface area contributed by atoms with E-state index in [1.54, 1.807) is 20.8 Å². The van der Waals surface area contributed by atoms with Crippen LogP contribution in [-0.4, -0.2) is 66.4 Å². The number of piperazine rings is 1. The number of rotatable bonds is 3. The van der Waals surface area contributed by atoms with Crippen molar-refractivity contribution in [3.8, 4) is 0 Å². The van der Waals surface area contributed by atoms with Crippen LogP contribution in [0.2, 0.25) is 0 Å². The van der Waals surface area contributed by atoms with Gasteiger partial charge in [-0.15, -0.1) is 0 Å². The Morgan fingerprint density at radius 2 is 2.16 bits per heavy atom. The first-order valence-corrected chi connectivity index (χ1v) is 6.44. The molecule has 1 heterocycles. The molecule has 0 aromatic carbocycles. The summed E-state index contributed by atoms with van der Waals surface area (Å²) in [5.41, 5.74) is -0.589. The Morgan fingerprint density at radius 1 is 1.47 bits per heavy atom. The van der Waals surface area contributed by atoms with Crippen LogP contribution in [0.5, 0.6) is 0 Å². The molecule has 1 aliphatic rings. The molecule has 19 heavy (non-hydrogen) atoms. The fraction of sp³-hybridized carbons (Fsp3) is 0.833. The van der Waals surface area contributed by atoms with Gasteiger partial charge in [0.05, 0.1) is 6.61 Å². The summed E-state index contributed by atoms with van der Waals surface area (Å²) in [4.78, 5) is 25.4. The van der Waals surface area contributed by atoms with Crippen LogP contribution in [0.15, 0.2) is 0 Å². The number of ether oxygens (including phenoxy) is 1. The average molecular weight is 273 g/mol. The Labute approximate surface area is 113 Å². The molecular formula is C12H23N3O4. The molecule has 0 spiro atoms. The summed E-state index contributed by atoms with van der Waals surface area (Å²) < 4.78 is 5.29. The molecule has 1 unspecified atom stereocenters. The third kappa shape index (κ3) is 5.04. The first-order valence-electron chi connectivity index (χ1n) is 6.44. The van der Waals surface area contributed by atoms with Gasteiger partial charge in [0, 0.05) is 26.2 Å². The van der Waals surface area contributed by atoms with Gasteiger partial charge in [-0.1, -0.05) is 0 Å². The molecule has 0 saturated carbocycles. The molecule has 0 aromatic rings. The highest BCUT2D eigenvalue weighted by atomic mass is 16.6. The van der Waals surface area contributed by atoms with Crippen LogP contribution in [0.1, 0.15) is 20.8 Å². The summed E-state index contributed by atoms with van der Waals surface area (Å²) in [5, 5.41) is 14.3. The Balaban J connectivity index is 2.66. The molecule has 1 atom stereocenters. The average Bonchev–Trinajstić information content (AvgIpc) is 2.34. The van der Waals surface area contributed by atoms with E-state index >= 15 is 0 Å². The molecule has 7 heteroatoms. The molecule has 2 amide bonds. The number of hydrogen-bond donors (Lipinski definition) is 3. The van der Waals surface area contributed by atoms with E-state index in [9.17, 15) is 9.59 Å². The second-order valence-electron chi connectivity index (χ2n) is 5.41. The van der Waals surface area contributed by atoms with Gasteiger partial charge in [-0.25, -0.2) is 4.79 Å². The molecule has 0 aromatic heterocycles. The minimum Gasteiger partial charge on any atom is -0.444 e. The smallest absolute Gasteiger partial charge is 0.411 e. The standard InChI is InChI=1S/C12H23N3O4/c1-12(2,3)19-11(18)15-6-4-13-8-9(15)10(17)14-5-7-16/h9,13,16H,4-8H2,1-3H3,(H,14,17). The Hall–Kier alpha value is -1.34. The summed E-state index contributed by atoms with van der Waals surface area (Å²) in [5.74, 6) is -0.285. The molecule has 1 rings (SSSR count). The number of aliphatic hydroxyl groups is 1. The highest BCUT2D eigenvalue weighted by Gasteiger charge is 2.34. The maximum absolute atomic E-state index is 12.0. The van der Waals surface area contributed by atoms with Gasteiger partial charge in [0.15, 0.2) is 0 Å². The van der Waals surface area contributed by atoms with E-state index in [-0.39, 0.29) is 19.1 Å². The largest absolute Gasteiger partial charge is 0.444 e. The van der Waals surface area contributed by atoms with Crippen molar-refractivity contribution in [2.24, 2.45) is 0 Å². The van der Waals surface area contributed by atoms with Crippen molar-refractivity contribution in [1.82, 2.24) is 15.5 Å². The van der Waals surface area contributed by atoms with Crippen molar-refractivity contribution in [1.29, 1.82) is 0 Å². The predicted octanol–water partition coefficient (Wildman–Crippen LogP) is -0.696. The molecule has 1 aliphatic heterocycles. The summed E-state index contributed by atoms with van der Waals surface area (Å²) >= 11 is 0. The summed E-state index contributed by atoms with van der Waals surface area (Å²) in [7, 11) is 0. The van der Waals surface area contributed by atoms with E-state index in [1.807, 2.05) is 0 Å². The molecule has 1 saturated heterocycles. The minimum absolute atomic E-state index is 0.127. The van der Waals surface area contributed by atoms with Gasteiger partial charge in [0.1, 0.15) is 11.6 Å². The Morgan fingerprint density at radius 3 is 2.74 bits per heavy atom. The lowest BCUT2D eigenvalue weighted by Gasteiger charge is -2.36. The molecule has 7 nitrogen and oxygen atoms in total. The van der Waals surface area contributed by atoms with Crippen LogP contribution in [0.25, 0.3) is 0 Å². The lowest BCUT2D eigenvalue weighted by atomic mass is 10.1. The van der Waals surface area contributed by atoms with Crippen molar-refractivity contribution in [2.45, 2.75) is 32.4 Å². The molecule has 3 N–H and O–H groups in total. The molecule has 0 bridgehead atoms. The summed E-state index contributed by atoms with van der Waals surface area (Å²) in [6, 6.07) is -0.602. The van der Waals surface area contributed by atoms with Crippen LogP contribution < -0.4 is 10.6 Å². The van der Waals surface area contributed by atoms with Gasteiger partial charge >= 0.3 is 6.09 Å². The van der Waals surface area contributed by atoms with E-state index in [0.29, 0.717) is 19.6 Å². The zero-order valence-corrected chi connectivity index (χ0v) is 11.7. The number of nitrogens with zero attached hydrogens (tertiary/aromatic N) is 1. The van der Waals surface area contributed by atoms with Crippen LogP contribution in [0, 0.1) is 0 Å². The van der Waals surface area contributed by atoms with Crippen molar-refractivity contribution >= 4 is 12.0 Å². The number of hydrogen-bond acceptors (Lipinski definition) is 5. The first kappa shape index (κ1) is 15.7. The fourth-order valence-corrected chi connectivity index (χ4v) is 1.77.